The van der Waals surface area contributed by atoms with Crippen LogP contribution in [0.25, 0.3) is 16.8 Å². The van der Waals surface area contributed by atoms with Gasteiger partial charge in [-0.05, 0) is 6.07 Å². The Morgan fingerprint density at radius 3 is 2.94 bits per heavy atom. The molecule has 0 amide bonds. The SMILES string of the molecule is NS(=O)(=O)c1nnc2cnc3[nH]ccc3n12. The monoisotopic (exact) mass is 238 g/mol. The van der Waals surface area contributed by atoms with Gasteiger partial charge in [-0.1, -0.05) is 0 Å². The van der Waals surface area contributed by atoms with E-state index in [0.29, 0.717) is 16.8 Å². The van der Waals surface area contributed by atoms with E-state index in [1.54, 1.807) is 12.3 Å². The third kappa shape index (κ3) is 1.12. The number of H-pyrrole nitrogens is 1. The van der Waals surface area contributed by atoms with Crippen LogP contribution in [0.4, 0.5) is 0 Å². The summed E-state index contributed by atoms with van der Waals surface area (Å²) < 4.78 is 23.9. The Balaban J connectivity index is 2.61. The van der Waals surface area contributed by atoms with Crippen molar-refractivity contribution < 1.29 is 8.42 Å². The first kappa shape index (κ1) is 9.24. The van der Waals surface area contributed by atoms with E-state index >= 15 is 0 Å². The van der Waals surface area contributed by atoms with Crippen molar-refractivity contribution in [1.29, 1.82) is 0 Å². The van der Waals surface area contributed by atoms with E-state index < -0.39 is 10.0 Å². The minimum Gasteiger partial charge on any atom is -0.345 e. The molecule has 82 valence electrons. The summed E-state index contributed by atoms with van der Waals surface area (Å²) in [4.78, 5) is 6.91. The number of nitrogens with one attached hydrogen (secondary N) is 1. The fourth-order valence-corrected chi connectivity index (χ4v) is 2.14. The van der Waals surface area contributed by atoms with Crippen LogP contribution in [0.2, 0.25) is 0 Å². The van der Waals surface area contributed by atoms with Crippen molar-refractivity contribution in [3.05, 3.63) is 18.5 Å². The van der Waals surface area contributed by atoms with Gasteiger partial charge in [0.15, 0.2) is 11.3 Å². The molecule has 0 saturated heterocycles. The fraction of sp³-hybridized carbons (Fsp3) is 0. The number of primary sulfonamides is 1. The predicted octanol–water partition coefficient (Wildman–Crippen LogP) is -0.747. The zero-order valence-electron chi connectivity index (χ0n) is 7.82. The lowest BCUT2D eigenvalue weighted by Gasteiger charge is -1.98. The number of aromatic amines is 1. The van der Waals surface area contributed by atoms with Gasteiger partial charge < -0.3 is 4.98 Å². The maximum Gasteiger partial charge on any atom is 0.274 e. The lowest BCUT2D eigenvalue weighted by molar-refractivity contribution is 0.587. The van der Waals surface area contributed by atoms with E-state index in [2.05, 4.69) is 20.2 Å². The van der Waals surface area contributed by atoms with Gasteiger partial charge in [0.05, 0.1) is 11.7 Å². The van der Waals surface area contributed by atoms with E-state index in [0.717, 1.165) is 0 Å². The number of nitrogens with two attached hydrogens (primary N) is 1. The largest absolute Gasteiger partial charge is 0.345 e. The summed E-state index contributed by atoms with van der Waals surface area (Å²) in [6, 6.07) is 1.67. The molecule has 0 aliphatic heterocycles. The molecule has 9 heteroatoms. The highest BCUT2D eigenvalue weighted by Crippen LogP contribution is 2.15. The molecule has 0 aliphatic rings. The van der Waals surface area contributed by atoms with Gasteiger partial charge >= 0.3 is 0 Å². The van der Waals surface area contributed by atoms with Crippen LogP contribution in [0.1, 0.15) is 0 Å². The average Bonchev–Trinajstić information content (AvgIpc) is 2.81. The van der Waals surface area contributed by atoms with Crippen molar-refractivity contribution >= 4 is 26.8 Å². The second-order valence-corrected chi connectivity index (χ2v) is 4.65. The van der Waals surface area contributed by atoms with Crippen LogP contribution in [0.3, 0.4) is 0 Å². The van der Waals surface area contributed by atoms with Gasteiger partial charge in [-0.25, -0.2) is 18.5 Å². The molecule has 0 aromatic carbocycles. The van der Waals surface area contributed by atoms with Crippen molar-refractivity contribution in [3.63, 3.8) is 0 Å². The van der Waals surface area contributed by atoms with Crippen LogP contribution < -0.4 is 5.14 Å². The van der Waals surface area contributed by atoms with Crippen molar-refractivity contribution in [2.45, 2.75) is 5.16 Å². The van der Waals surface area contributed by atoms with Crippen LogP contribution in [-0.2, 0) is 10.0 Å². The quantitative estimate of drug-likeness (QED) is 0.578. The van der Waals surface area contributed by atoms with Crippen LogP contribution >= 0.6 is 0 Å². The number of rotatable bonds is 1. The Morgan fingerprint density at radius 2 is 2.19 bits per heavy atom. The van der Waals surface area contributed by atoms with Crippen LogP contribution in [0.15, 0.2) is 23.6 Å². The van der Waals surface area contributed by atoms with Crippen molar-refractivity contribution in [2.75, 3.05) is 0 Å². The van der Waals surface area contributed by atoms with Crippen LogP contribution in [0, 0.1) is 0 Å². The zero-order chi connectivity index (χ0) is 11.3. The molecule has 0 aliphatic carbocycles. The third-order valence-electron chi connectivity index (χ3n) is 2.17. The van der Waals surface area contributed by atoms with E-state index in [4.69, 9.17) is 5.14 Å². The van der Waals surface area contributed by atoms with Gasteiger partial charge in [0.2, 0.25) is 0 Å². The molecule has 16 heavy (non-hydrogen) atoms. The lowest BCUT2D eigenvalue weighted by Crippen LogP contribution is -2.16. The van der Waals surface area contributed by atoms with E-state index in [1.807, 2.05) is 0 Å². The first-order chi connectivity index (χ1) is 7.57. The van der Waals surface area contributed by atoms with Crippen molar-refractivity contribution in [3.8, 4) is 0 Å². The van der Waals surface area contributed by atoms with Gasteiger partial charge in [-0.3, -0.25) is 4.40 Å². The molecule has 3 heterocycles. The molecule has 0 bridgehead atoms. The first-order valence-electron chi connectivity index (χ1n) is 4.27. The molecule has 0 atom stereocenters. The number of fused-ring (bicyclic) bond motifs is 3. The summed E-state index contributed by atoms with van der Waals surface area (Å²) in [6.45, 7) is 0. The summed E-state index contributed by atoms with van der Waals surface area (Å²) in [7, 11) is -3.91. The molecule has 3 rings (SSSR count). The molecule has 3 aromatic rings. The maximum absolute atomic E-state index is 11.3. The van der Waals surface area contributed by atoms with Gasteiger partial charge in [-0.2, -0.15) is 0 Å². The highest BCUT2D eigenvalue weighted by molar-refractivity contribution is 7.89. The number of sulfonamides is 1. The lowest BCUT2D eigenvalue weighted by atomic mass is 10.5. The Hall–Kier alpha value is -2.00. The summed E-state index contributed by atoms with van der Waals surface area (Å²) in [6.07, 6.45) is 3.06. The average molecular weight is 238 g/mol. The van der Waals surface area contributed by atoms with E-state index in [1.165, 1.54) is 10.6 Å². The number of hydrogen-bond acceptors (Lipinski definition) is 5. The summed E-state index contributed by atoms with van der Waals surface area (Å²) >= 11 is 0. The first-order valence-corrected chi connectivity index (χ1v) is 5.82. The highest BCUT2D eigenvalue weighted by atomic mass is 32.2. The smallest absolute Gasteiger partial charge is 0.274 e. The Morgan fingerprint density at radius 1 is 1.38 bits per heavy atom. The maximum atomic E-state index is 11.3. The zero-order valence-corrected chi connectivity index (χ0v) is 8.64. The number of hydrogen-bond donors (Lipinski definition) is 2. The topological polar surface area (TPSA) is 119 Å². The molecule has 0 spiro atoms. The van der Waals surface area contributed by atoms with Gasteiger partial charge in [-0.15, -0.1) is 10.2 Å². The standard InChI is InChI=1S/C7H6N6O2S/c8-16(14,15)7-12-11-5-3-10-6-4(13(5)7)1-2-9-6/h1-3,9H,(H2,8,14,15). The van der Waals surface area contributed by atoms with Crippen molar-refractivity contribution in [2.24, 2.45) is 5.14 Å². The van der Waals surface area contributed by atoms with Crippen molar-refractivity contribution in [1.82, 2.24) is 24.6 Å². The van der Waals surface area contributed by atoms with Crippen LogP contribution in [-0.4, -0.2) is 33.0 Å². The number of aromatic nitrogens is 5. The normalized spacial score (nSPS) is 12.6. The minimum atomic E-state index is -3.91. The van der Waals surface area contributed by atoms with Crippen LogP contribution in [0.5, 0.6) is 0 Å². The Kier molecular flexibility index (Phi) is 1.60. The molecule has 8 nitrogen and oxygen atoms in total. The van der Waals surface area contributed by atoms with Gasteiger partial charge in [0.1, 0.15) is 0 Å². The molecule has 3 N–H and O–H groups in total. The summed E-state index contributed by atoms with van der Waals surface area (Å²) in [5, 5.41) is 12.0. The number of nitrogens with zero attached hydrogens (tertiary/aromatic N) is 4. The molecular weight excluding hydrogens is 232 g/mol. The summed E-state index contributed by atoms with van der Waals surface area (Å²) in [5.74, 6) is 0. The Labute approximate surface area is 89.2 Å². The second kappa shape index (κ2) is 2.77. The Bertz CT molecular complexity index is 786. The van der Waals surface area contributed by atoms with Gasteiger partial charge in [0, 0.05) is 6.20 Å². The van der Waals surface area contributed by atoms with Gasteiger partial charge in [0.25, 0.3) is 15.2 Å². The molecule has 0 unspecified atom stereocenters. The third-order valence-corrected chi connectivity index (χ3v) is 2.94. The molecule has 0 radical (unpaired) electrons. The fourth-order valence-electron chi connectivity index (χ4n) is 1.53. The highest BCUT2D eigenvalue weighted by Gasteiger charge is 2.19. The molecular formula is C7H6N6O2S. The molecule has 0 fully saturated rings. The molecule has 3 aromatic heterocycles. The predicted molar refractivity (Wildman–Crippen MR) is 54.0 cm³/mol. The second-order valence-electron chi connectivity index (χ2n) is 3.19. The van der Waals surface area contributed by atoms with E-state index in [-0.39, 0.29) is 5.16 Å². The van der Waals surface area contributed by atoms with E-state index in [9.17, 15) is 8.42 Å². The summed E-state index contributed by atoms with van der Waals surface area (Å²) in [5.41, 5.74) is 1.43. The minimum absolute atomic E-state index is 0.297. The molecule has 0 saturated carbocycles.